The van der Waals surface area contributed by atoms with Gasteiger partial charge in [-0.2, -0.15) is 0 Å². The number of benzene rings is 1. The van der Waals surface area contributed by atoms with Crippen molar-refractivity contribution in [1.82, 2.24) is 9.80 Å². The number of likely N-dealkylation sites (tertiary alicyclic amines) is 1. The van der Waals surface area contributed by atoms with Crippen molar-refractivity contribution in [2.75, 3.05) is 20.1 Å². The summed E-state index contributed by atoms with van der Waals surface area (Å²) in [5.74, 6) is -1.48. The van der Waals surface area contributed by atoms with Gasteiger partial charge in [0.2, 0.25) is 0 Å². The summed E-state index contributed by atoms with van der Waals surface area (Å²) in [5, 5.41) is 9.17. The highest BCUT2D eigenvalue weighted by atomic mass is 16.4. The number of hydrogen-bond acceptors (Lipinski definition) is 3. The van der Waals surface area contributed by atoms with Crippen molar-refractivity contribution in [1.29, 1.82) is 0 Å². The number of carbonyl (C=O) groups excluding carboxylic acids is 2. The van der Waals surface area contributed by atoms with Crippen molar-refractivity contribution < 1.29 is 19.5 Å². The van der Waals surface area contributed by atoms with Gasteiger partial charge in [-0.15, -0.1) is 0 Å². The Hall–Kier alpha value is -2.37. The van der Waals surface area contributed by atoms with Gasteiger partial charge in [-0.25, -0.2) is 4.79 Å². The van der Waals surface area contributed by atoms with Gasteiger partial charge in [-0.3, -0.25) is 9.59 Å². The van der Waals surface area contributed by atoms with E-state index >= 15 is 0 Å². The zero-order chi connectivity index (χ0) is 16.3. The van der Waals surface area contributed by atoms with Crippen LogP contribution in [0.3, 0.4) is 0 Å². The van der Waals surface area contributed by atoms with Crippen LogP contribution in [0, 0.1) is 0 Å². The van der Waals surface area contributed by atoms with Crippen LogP contribution in [0.4, 0.5) is 0 Å². The fourth-order valence-corrected chi connectivity index (χ4v) is 2.58. The number of rotatable bonds is 4. The number of nitrogens with zero attached hydrogens (tertiary/aromatic N) is 2. The molecule has 1 saturated heterocycles. The topological polar surface area (TPSA) is 77.9 Å². The standard InChI is InChI=1S/C16H20N2O4/c1-3-17(2)14(19)11-6-4-7-12(10-11)15(20)18-9-5-8-13(18)16(21)22/h4,6-7,10,13H,3,5,8-9H2,1-2H3,(H,21,22)/t13-/m0/s1. The third kappa shape index (κ3) is 3.10. The quantitative estimate of drug-likeness (QED) is 0.913. The molecular weight excluding hydrogens is 284 g/mol. The molecule has 0 aromatic heterocycles. The van der Waals surface area contributed by atoms with Gasteiger partial charge in [0.15, 0.2) is 0 Å². The largest absolute Gasteiger partial charge is 0.480 e. The van der Waals surface area contributed by atoms with Crippen molar-refractivity contribution >= 4 is 17.8 Å². The minimum atomic E-state index is -0.983. The molecule has 1 fully saturated rings. The summed E-state index contributed by atoms with van der Waals surface area (Å²) in [6.45, 7) is 2.88. The third-order valence-corrected chi connectivity index (χ3v) is 3.98. The Labute approximate surface area is 129 Å². The van der Waals surface area contributed by atoms with Gasteiger partial charge in [-0.05, 0) is 38.0 Å². The zero-order valence-electron chi connectivity index (χ0n) is 12.8. The molecule has 22 heavy (non-hydrogen) atoms. The first-order valence-corrected chi connectivity index (χ1v) is 7.35. The maximum atomic E-state index is 12.5. The summed E-state index contributed by atoms with van der Waals surface area (Å²) in [7, 11) is 1.69. The predicted octanol–water partition coefficient (Wildman–Crippen LogP) is 1.47. The fourth-order valence-electron chi connectivity index (χ4n) is 2.58. The molecule has 1 heterocycles. The van der Waals surface area contributed by atoms with Crippen LogP contribution in [-0.4, -0.2) is 58.9 Å². The molecule has 0 aliphatic carbocycles. The van der Waals surface area contributed by atoms with Gasteiger partial charge in [0.1, 0.15) is 6.04 Å². The highest BCUT2D eigenvalue weighted by molar-refractivity contribution is 6.00. The lowest BCUT2D eigenvalue weighted by Crippen LogP contribution is -2.40. The van der Waals surface area contributed by atoms with Crippen LogP contribution in [0.1, 0.15) is 40.5 Å². The Kier molecular flexibility index (Phi) is 4.80. The molecule has 1 atom stereocenters. The van der Waals surface area contributed by atoms with Gasteiger partial charge in [-0.1, -0.05) is 6.07 Å². The zero-order valence-corrected chi connectivity index (χ0v) is 12.8. The summed E-state index contributed by atoms with van der Waals surface area (Å²) in [6.07, 6.45) is 1.15. The molecule has 2 amide bonds. The average Bonchev–Trinajstić information content (AvgIpc) is 3.02. The molecule has 0 saturated carbocycles. The predicted molar refractivity (Wildman–Crippen MR) is 80.8 cm³/mol. The minimum Gasteiger partial charge on any atom is -0.480 e. The lowest BCUT2D eigenvalue weighted by Gasteiger charge is -2.22. The molecule has 1 aromatic carbocycles. The molecule has 0 bridgehead atoms. The van der Waals surface area contributed by atoms with E-state index in [1.165, 1.54) is 11.0 Å². The van der Waals surface area contributed by atoms with E-state index in [2.05, 4.69) is 0 Å². The first-order valence-electron chi connectivity index (χ1n) is 7.35. The van der Waals surface area contributed by atoms with E-state index in [9.17, 15) is 19.5 Å². The molecule has 6 nitrogen and oxygen atoms in total. The molecule has 2 rings (SSSR count). The molecule has 1 N–H and O–H groups in total. The number of hydrogen-bond donors (Lipinski definition) is 1. The number of carbonyl (C=O) groups is 3. The van der Waals surface area contributed by atoms with Crippen LogP contribution in [0.2, 0.25) is 0 Å². The summed E-state index contributed by atoms with van der Waals surface area (Å²) in [6, 6.07) is 5.68. The molecule has 1 aliphatic rings. The molecular formula is C16H20N2O4. The third-order valence-electron chi connectivity index (χ3n) is 3.98. The maximum Gasteiger partial charge on any atom is 0.326 e. The lowest BCUT2D eigenvalue weighted by molar-refractivity contribution is -0.141. The second-order valence-electron chi connectivity index (χ2n) is 5.39. The molecule has 0 radical (unpaired) electrons. The molecule has 1 aromatic rings. The van der Waals surface area contributed by atoms with E-state index in [1.54, 1.807) is 30.1 Å². The molecule has 1 aliphatic heterocycles. The molecule has 0 unspecified atom stereocenters. The van der Waals surface area contributed by atoms with Crippen molar-refractivity contribution in [3.05, 3.63) is 35.4 Å². The van der Waals surface area contributed by atoms with Crippen molar-refractivity contribution in [3.8, 4) is 0 Å². The van der Waals surface area contributed by atoms with Gasteiger partial charge in [0, 0.05) is 31.3 Å². The Morgan fingerprint density at radius 1 is 1.32 bits per heavy atom. The van der Waals surface area contributed by atoms with E-state index in [-0.39, 0.29) is 11.8 Å². The monoisotopic (exact) mass is 304 g/mol. The van der Waals surface area contributed by atoms with Crippen molar-refractivity contribution in [2.45, 2.75) is 25.8 Å². The van der Waals surface area contributed by atoms with Crippen molar-refractivity contribution in [2.24, 2.45) is 0 Å². The van der Waals surface area contributed by atoms with Crippen LogP contribution in [0.25, 0.3) is 0 Å². The summed E-state index contributed by atoms with van der Waals surface area (Å²) in [4.78, 5) is 38.8. The summed E-state index contributed by atoms with van der Waals surface area (Å²) >= 11 is 0. The number of aliphatic carboxylic acids is 1. The molecule has 6 heteroatoms. The molecule has 0 spiro atoms. The smallest absolute Gasteiger partial charge is 0.326 e. The van der Waals surface area contributed by atoms with E-state index in [1.807, 2.05) is 6.92 Å². The van der Waals surface area contributed by atoms with Gasteiger partial charge in [0.05, 0.1) is 0 Å². The Morgan fingerprint density at radius 3 is 2.64 bits per heavy atom. The molecule has 118 valence electrons. The summed E-state index contributed by atoms with van der Waals surface area (Å²) in [5.41, 5.74) is 0.782. The SMILES string of the molecule is CCN(C)C(=O)c1cccc(C(=O)N2CCC[C@H]2C(=O)O)c1. The Balaban J connectivity index is 2.24. The summed E-state index contributed by atoms with van der Waals surface area (Å²) < 4.78 is 0. The first kappa shape index (κ1) is 16.0. The van der Waals surface area contributed by atoms with Gasteiger partial charge < -0.3 is 14.9 Å². The van der Waals surface area contributed by atoms with Crippen molar-refractivity contribution in [3.63, 3.8) is 0 Å². The van der Waals surface area contributed by atoms with Crippen LogP contribution in [0.5, 0.6) is 0 Å². The minimum absolute atomic E-state index is 0.159. The lowest BCUT2D eigenvalue weighted by atomic mass is 10.1. The second-order valence-corrected chi connectivity index (χ2v) is 5.39. The van der Waals surface area contributed by atoms with Gasteiger partial charge >= 0.3 is 5.97 Å². The van der Waals surface area contributed by atoms with E-state index < -0.39 is 12.0 Å². The highest BCUT2D eigenvalue weighted by Crippen LogP contribution is 2.21. The number of amides is 2. The Morgan fingerprint density at radius 2 is 2.00 bits per heavy atom. The number of carboxylic acid groups (broad SMARTS) is 1. The fraction of sp³-hybridized carbons (Fsp3) is 0.438. The van der Waals surface area contributed by atoms with E-state index in [0.717, 1.165) is 0 Å². The van der Waals surface area contributed by atoms with Crippen LogP contribution in [-0.2, 0) is 4.79 Å². The highest BCUT2D eigenvalue weighted by Gasteiger charge is 2.34. The van der Waals surface area contributed by atoms with Crippen LogP contribution < -0.4 is 0 Å². The van der Waals surface area contributed by atoms with E-state index in [0.29, 0.717) is 37.1 Å². The maximum absolute atomic E-state index is 12.5. The first-order chi connectivity index (χ1) is 10.5. The normalized spacial score (nSPS) is 17.4. The number of carboxylic acids is 1. The second kappa shape index (κ2) is 6.60. The van der Waals surface area contributed by atoms with Crippen LogP contribution in [0.15, 0.2) is 24.3 Å². The van der Waals surface area contributed by atoms with Gasteiger partial charge in [0.25, 0.3) is 11.8 Å². The van der Waals surface area contributed by atoms with E-state index in [4.69, 9.17) is 0 Å². The average molecular weight is 304 g/mol. The Bertz CT molecular complexity index is 600. The van der Waals surface area contributed by atoms with Crippen LogP contribution >= 0.6 is 0 Å².